The van der Waals surface area contributed by atoms with Crippen molar-refractivity contribution in [1.29, 1.82) is 0 Å². The number of hydrogen-bond donors (Lipinski definition) is 0. The molecule has 1 saturated carbocycles. The molecule has 0 unspecified atom stereocenters. The van der Waals surface area contributed by atoms with Crippen LogP contribution in [0, 0.1) is 10.1 Å². The highest BCUT2D eigenvalue weighted by atomic mass is 35.5. The first-order valence-corrected chi connectivity index (χ1v) is 5.80. The van der Waals surface area contributed by atoms with Crippen molar-refractivity contribution in [2.45, 2.75) is 25.1 Å². The van der Waals surface area contributed by atoms with Gasteiger partial charge in [0.05, 0.1) is 4.92 Å². The lowest BCUT2D eigenvalue weighted by Crippen LogP contribution is -2.37. The van der Waals surface area contributed by atoms with E-state index in [9.17, 15) is 23.3 Å². The highest BCUT2D eigenvalue weighted by molar-refractivity contribution is 6.29. The van der Waals surface area contributed by atoms with Gasteiger partial charge in [-0.25, -0.2) is 4.98 Å². The van der Waals surface area contributed by atoms with Crippen LogP contribution in [-0.2, 0) is 0 Å². The largest absolute Gasteiger partial charge is 0.405 e. The van der Waals surface area contributed by atoms with E-state index in [0.29, 0.717) is 12.8 Å². The van der Waals surface area contributed by atoms with E-state index in [-0.39, 0.29) is 17.0 Å². The maximum absolute atomic E-state index is 12.5. The predicted molar refractivity (Wildman–Crippen MR) is 62.3 cm³/mol. The van der Waals surface area contributed by atoms with Gasteiger partial charge in [0, 0.05) is 12.1 Å². The second kappa shape index (κ2) is 4.84. The summed E-state index contributed by atoms with van der Waals surface area (Å²) >= 11 is 5.62. The molecule has 0 atom stereocenters. The van der Waals surface area contributed by atoms with E-state index < -0.39 is 23.3 Å². The minimum Gasteiger partial charge on any atom is -0.339 e. The Morgan fingerprint density at radius 2 is 2.11 bits per heavy atom. The SMILES string of the molecule is O=[N+]([O-])c1ccc(Cl)nc1N(CC(F)(F)F)C1CC1. The van der Waals surface area contributed by atoms with Crippen molar-refractivity contribution in [3.63, 3.8) is 0 Å². The lowest BCUT2D eigenvalue weighted by Gasteiger charge is -2.24. The van der Waals surface area contributed by atoms with Crippen LogP contribution < -0.4 is 4.90 Å². The van der Waals surface area contributed by atoms with Gasteiger partial charge in [-0.15, -0.1) is 0 Å². The molecule has 1 heterocycles. The van der Waals surface area contributed by atoms with E-state index in [1.165, 1.54) is 6.07 Å². The van der Waals surface area contributed by atoms with Gasteiger partial charge in [0.2, 0.25) is 5.82 Å². The van der Waals surface area contributed by atoms with E-state index in [4.69, 9.17) is 11.6 Å². The molecular weight excluding hydrogens is 287 g/mol. The van der Waals surface area contributed by atoms with E-state index >= 15 is 0 Å². The first-order chi connectivity index (χ1) is 8.78. The Morgan fingerprint density at radius 3 is 2.58 bits per heavy atom. The number of anilines is 1. The molecule has 0 bridgehead atoms. The molecular formula is C10H9ClF3N3O2. The molecule has 0 N–H and O–H groups in total. The number of hydrogen-bond acceptors (Lipinski definition) is 4. The van der Waals surface area contributed by atoms with E-state index in [2.05, 4.69) is 4.98 Å². The molecule has 0 spiro atoms. The molecule has 5 nitrogen and oxygen atoms in total. The zero-order valence-corrected chi connectivity index (χ0v) is 10.3. The van der Waals surface area contributed by atoms with Crippen LogP contribution in [0.2, 0.25) is 5.15 Å². The topological polar surface area (TPSA) is 59.3 Å². The van der Waals surface area contributed by atoms with Crippen molar-refractivity contribution in [3.8, 4) is 0 Å². The molecule has 1 aliphatic rings. The quantitative estimate of drug-likeness (QED) is 0.486. The number of aromatic nitrogens is 1. The summed E-state index contributed by atoms with van der Waals surface area (Å²) in [7, 11) is 0. The lowest BCUT2D eigenvalue weighted by atomic mass is 10.3. The summed E-state index contributed by atoms with van der Waals surface area (Å²) in [6.07, 6.45) is -3.34. The Labute approximate surface area is 111 Å². The normalized spacial score (nSPS) is 15.4. The van der Waals surface area contributed by atoms with Gasteiger partial charge in [0.15, 0.2) is 0 Å². The van der Waals surface area contributed by atoms with Gasteiger partial charge in [-0.1, -0.05) is 11.6 Å². The molecule has 0 radical (unpaired) electrons. The molecule has 0 aliphatic heterocycles. The van der Waals surface area contributed by atoms with Gasteiger partial charge in [0.25, 0.3) is 0 Å². The zero-order valence-electron chi connectivity index (χ0n) is 9.52. The summed E-state index contributed by atoms with van der Waals surface area (Å²) in [6, 6.07) is 1.88. The molecule has 1 aromatic heterocycles. The Bertz CT molecular complexity index is 505. The average Bonchev–Trinajstić information content (AvgIpc) is 3.07. The molecule has 0 saturated heterocycles. The summed E-state index contributed by atoms with van der Waals surface area (Å²) in [6.45, 7) is -1.27. The molecule has 0 aromatic carbocycles. The number of nitrogens with zero attached hydrogens (tertiary/aromatic N) is 3. The van der Waals surface area contributed by atoms with Crippen molar-refractivity contribution in [2.75, 3.05) is 11.4 Å². The van der Waals surface area contributed by atoms with Crippen LogP contribution >= 0.6 is 11.6 Å². The molecule has 9 heteroatoms. The third-order valence-electron chi connectivity index (χ3n) is 2.63. The first-order valence-electron chi connectivity index (χ1n) is 5.42. The van der Waals surface area contributed by atoms with Gasteiger partial charge < -0.3 is 4.90 Å². The van der Waals surface area contributed by atoms with Crippen LogP contribution in [0.5, 0.6) is 0 Å². The van der Waals surface area contributed by atoms with Crippen LogP contribution in [0.1, 0.15) is 12.8 Å². The second-order valence-corrected chi connectivity index (χ2v) is 4.60. The van der Waals surface area contributed by atoms with Crippen LogP contribution in [0.25, 0.3) is 0 Å². The van der Waals surface area contributed by atoms with Crippen molar-refractivity contribution in [1.82, 2.24) is 4.98 Å². The standard InChI is InChI=1S/C10H9ClF3N3O2/c11-8-4-3-7(17(18)19)9(15-8)16(6-1-2-6)5-10(12,13)14/h3-4,6H,1-2,5H2. The Kier molecular flexibility index (Phi) is 3.53. The Morgan fingerprint density at radius 1 is 1.47 bits per heavy atom. The van der Waals surface area contributed by atoms with Crippen LogP contribution in [-0.4, -0.2) is 28.7 Å². The highest BCUT2D eigenvalue weighted by Crippen LogP contribution is 2.38. The van der Waals surface area contributed by atoms with Crippen molar-refractivity contribution < 1.29 is 18.1 Å². The fourth-order valence-corrected chi connectivity index (χ4v) is 1.87. The number of halogens is 4. The number of alkyl halides is 3. The average molecular weight is 296 g/mol. The number of rotatable bonds is 4. The van der Waals surface area contributed by atoms with Gasteiger partial charge in [-0.3, -0.25) is 10.1 Å². The first kappa shape index (κ1) is 13.9. The lowest BCUT2D eigenvalue weighted by molar-refractivity contribution is -0.384. The van der Waals surface area contributed by atoms with Crippen LogP contribution in [0.4, 0.5) is 24.7 Å². The maximum Gasteiger partial charge on any atom is 0.405 e. The van der Waals surface area contributed by atoms with Crippen molar-refractivity contribution in [2.24, 2.45) is 0 Å². The Hall–Kier alpha value is -1.57. The van der Waals surface area contributed by atoms with E-state index in [1.54, 1.807) is 0 Å². The van der Waals surface area contributed by atoms with Crippen molar-refractivity contribution in [3.05, 3.63) is 27.4 Å². The minimum absolute atomic E-state index is 0.0755. The number of pyridine rings is 1. The second-order valence-electron chi connectivity index (χ2n) is 4.21. The molecule has 1 aromatic rings. The molecule has 1 aliphatic carbocycles. The van der Waals surface area contributed by atoms with Gasteiger partial charge >= 0.3 is 11.9 Å². The summed E-state index contributed by atoms with van der Waals surface area (Å²) in [5, 5.41) is 10.8. The number of nitro groups is 1. The zero-order chi connectivity index (χ0) is 14.2. The summed E-state index contributed by atoms with van der Waals surface area (Å²) in [5.74, 6) is -0.322. The van der Waals surface area contributed by atoms with Crippen LogP contribution in [0.15, 0.2) is 12.1 Å². The fraction of sp³-hybridized carbons (Fsp3) is 0.500. The molecule has 104 valence electrons. The monoisotopic (exact) mass is 295 g/mol. The third-order valence-corrected chi connectivity index (χ3v) is 2.84. The van der Waals surface area contributed by atoms with E-state index in [1.807, 2.05) is 0 Å². The Balaban J connectivity index is 2.40. The fourth-order valence-electron chi connectivity index (χ4n) is 1.73. The van der Waals surface area contributed by atoms with Gasteiger partial charge in [0.1, 0.15) is 11.7 Å². The maximum atomic E-state index is 12.5. The molecule has 2 rings (SSSR count). The summed E-state index contributed by atoms with van der Waals surface area (Å²) in [4.78, 5) is 14.7. The third kappa shape index (κ3) is 3.46. The van der Waals surface area contributed by atoms with Crippen LogP contribution in [0.3, 0.4) is 0 Å². The molecule has 1 fully saturated rings. The minimum atomic E-state index is -4.46. The highest BCUT2D eigenvalue weighted by Gasteiger charge is 2.41. The smallest absolute Gasteiger partial charge is 0.339 e. The van der Waals surface area contributed by atoms with Gasteiger partial charge in [-0.2, -0.15) is 13.2 Å². The molecule has 19 heavy (non-hydrogen) atoms. The van der Waals surface area contributed by atoms with E-state index in [0.717, 1.165) is 11.0 Å². The van der Waals surface area contributed by atoms with Crippen molar-refractivity contribution >= 4 is 23.1 Å². The summed E-state index contributed by atoms with van der Waals surface area (Å²) in [5.41, 5.74) is -0.472. The summed E-state index contributed by atoms with van der Waals surface area (Å²) < 4.78 is 37.6. The van der Waals surface area contributed by atoms with Gasteiger partial charge in [-0.05, 0) is 18.9 Å². The molecule has 0 amide bonds. The predicted octanol–water partition coefficient (Wildman–Crippen LogP) is 3.17.